The topological polar surface area (TPSA) is 64.5 Å². The summed E-state index contributed by atoms with van der Waals surface area (Å²) in [6.07, 6.45) is 7.07. The summed E-state index contributed by atoms with van der Waals surface area (Å²) in [7, 11) is 0. The van der Waals surface area contributed by atoms with E-state index in [9.17, 15) is 14.6 Å². The van der Waals surface area contributed by atoms with E-state index in [0.717, 1.165) is 19.4 Å². The van der Waals surface area contributed by atoms with Crippen molar-refractivity contribution in [1.29, 1.82) is 0 Å². The minimum atomic E-state index is -0.680. The van der Waals surface area contributed by atoms with E-state index in [2.05, 4.69) is 10.6 Å². The first-order valence-corrected chi connectivity index (χ1v) is 9.93. The molecule has 0 spiro atoms. The second-order valence-corrected chi connectivity index (χ2v) is 8.31. The van der Waals surface area contributed by atoms with Crippen molar-refractivity contribution in [2.45, 2.75) is 50.0 Å². The summed E-state index contributed by atoms with van der Waals surface area (Å²) in [5.74, 6) is -0.301. The van der Waals surface area contributed by atoms with Crippen LogP contribution in [0.2, 0.25) is 0 Å². The monoisotopic (exact) mass is 368 g/mol. The van der Waals surface area contributed by atoms with Gasteiger partial charge in [-0.25, -0.2) is 4.39 Å². The van der Waals surface area contributed by atoms with Crippen LogP contribution in [0, 0.1) is 11.7 Å². The zero-order valence-corrected chi connectivity index (χ0v) is 15.3. The number of benzene rings is 2. The fourth-order valence-corrected chi connectivity index (χ4v) is 5.83. The number of nitrogens with one attached hydrogen (secondary N) is 2. The Kier molecular flexibility index (Phi) is 3.83. The molecule has 2 aromatic rings. The van der Waals surface area contributed by atoms with Gasteiger partial charge >= 0.3 is 0 Å². The highest BCUT2D eigenvalue weighted by molar-refractivity contribution is 5.72. The van der Waals surface area contributed by atoms with E-state index < -0.39 is 11.6 Å². The van der Waals surface area contributed by atoms with E-state index in [-0.39, 0.29) is 16.9 Å². The van der Waals surface area contributed by atoms with Crippen LogP contribution in [-0.2, 0) is 11.8 Å². The third-order valence-electron chi connectivity index (χ3n) is 7.02. The molecule has 1 heterocycles. The van der Waals surface area contributed by atoms with Gasteiger partial charge in [-0.1, -0.05) is 18.9 Å². The minimum Gasteiger partial charge on any atom is -0.506 e. The maximum Gasteiger partial charge on any atom is 0.175 e. The molecular weight excluding hydrogens is 343 g/mol. The fourth-order valence-electron chi connectivity index (χ4n) is 5.83. The van der Waals surface area contributed by atoms with Crippen LogP contribution in [0.25, 0.3) is 0 Å². The van der Waals surface area contributed by atoms with Gasteiger partial charge in [0, 0.05) is 11.5 Å². The van der Waals surface area contributed by atoms with Crippen molar-refractivity contribution >= 4 is 11.4 Å². The average Bonchev–Trinajstić information content (AvgIpc) is 2.67. The molecule has 0 aromatic heterocycles. The first-order chi connectivity index (χ1) is 13.1. The molecule has 0 unspecified atom stereocenters. The lowest BCUT2D eigenvalue weighted by atomic mass is 9.53. The molecule has 4 N–H and O–H groups in total. The zero-order chi connectivity index (χ0) is 18.6. The number of hydrogen-bond acceptors (Lipinski definition) is 4. The molecule has 4 nitrogen and oxygen atoms in total. The Bertz CT molecular complexity index is 896. The van der Waals surface area contributed by atoms with Crippen LogP contribution in [0.5, 0.6) is 11.5 Å². The quantitative estimate of drug-likeness (QED) is 0.596. The maximum atomic E-state index is 13.6. The van der Waals surface area contributed by atoms with E-state index in [4.69, 9.17) is 0 Å². The van der Waals surface area contributed by atoms with E-state index in [1.165, 1.54) is 48.9 Å². The summed E-state index contributed by atoms with van der Waals surface area (Å²) in [5.41, 5.74) is 3.50. The Morgan fingerprint density at radius 3 is 2.89 bits per heavy atom. The van der Waals surface area contributed by atoms with Gasteiger partial charge in [0.15, 0.2) is 11.6 Å². The molecule has 0 amide bonds. The summed E-state index contributed by atoms with van der Waals surface area (Å²) in [4.78, 5) is 0. The van der Waals surface area contributed by atoms with Gasteiger partial charge in [-0.2, -0.15) is 0 Å². The molecule has 1 saturated carbocycles. The third-order valence-corrected chi connectivity index (χ3v) is 7.02. The molecule has 0 radical (unpaired) electrons. The number of fused-ring (bicyclic) bond motifs is 1. The van der Waals surface area contributed by atoms with Gasteiger partial charge in [-0.15, -0.1) is 0 Å². The number of phenols is 2. The Hall–Kier alpha value is -2.27. The lowest BCUT2D eigenvalue weighted by molar-refractivity contribution is 0.0796. The number of piperidine rings is 1. The van der Waals surface area contributed by atoms with Gasteiger partial charge in [-0.05, 0) is 73.5 Å². The van der Waals surface area contributed by atoms with Gasteiger partial charge < -0.3 is 20.8 Å². The molecule has 1 aliphatic heterocycles. The summed E-state index contributed by atoms with van der Waals surface area (Å²) in [6, 6.07) is 8.75. The number of rotatable bonds is 2. The maximum absolute atomic E-state index is 13.6. The smallest absolute Gasteiger partial charge is 0.175 e. The molecule has 2 bridgehead atoms. The molecule has 27 heavy (non-hydrogen) atoms. The Morgan fingerprint density at radius 1 is 1.11 bits per heavy atom. The van der Waals surface area contributed by atoms with Crippen molar-refractivity contribution in [3.05, 3.63) is 47.3 Å². The minimum absolute atomic E-state index is 0.160. The highest BCUT2D eigenvalue weighted by Gasteiger charge is 2.51. The van der Waals surface area contributed by atoms with Crippen LogP contribution < -0.4 is 10.6 Å². The number of para-hydroxylation sites is 1. The highest BCUT2D eigenvalue weighted by atomic mass is 19.1. The Balaban J connectivity index is 1.57. The second-order valence-electron chi connectivity index (χ2n) is 8.31. The largest absolute Gasteiger partial charge is 0.506 e. The van der Waals surface area contributed by atoms with Crippen molar-refractivity contribution in [1.82, 2.24) is 5.32 Å². The Labute approximate surface area is 158 Å². The molecule has 2 aromatic carbocycles. The molecule has 1 saturated heterocycles. The van der Waals surface area contributed by atoms with Gasteiger partial charge in [0.05, 0.1) is 11.4 Å². The third kappa shape index (κ3) is 2.52. The van der Waals surface area contributed by atoms with E-state index in [1.807, 2.05) is 12.1 Å². The van der Waals surface area contributed by atoms with Crippen LogP contribution in [-0.4, -0.2) is 22.8 Å². The summed E-state index contributed by atoms with van der Waals surface area (Å²) in [6.45, 7) is 1.04. The number of anilines is 2. The summed E-state index contributed by atoms with van der Waals surface area (Å²) >= 11 is 0. The van der Waals surface area contributed by atoms with Crippen molar-refractivity contribution in [3.8, 4) is 11.5 Å². The number of phenolic OH excluding ortho intramolecular Hbond substituents is 2. The molecule has 2 aliphatic carbocycles. The van der Waals surface area contributed by atoms with Gasteiger partial charge in [0.2, 0.25) is 0 Å². The molecule has 2 fully saturated rings. The number of halogens is 1. The molecule has 142 valence electrons. The van der Waals surface area contributed by atoms with Crippen LogP contribution in [0.4, 0.5) is 15.8 Å². The van der Waals surface area contributed by atoms with E-state index >= 15 is 0 Å². The molecular formula is C22H25FN2O2. The predicted octanol–water partition coefficient (Wildman–Crippen LogP) is 4.33. The average molecular weight is 368 g/mol. The lowest BCUT2D eigenvalue weighted by Gasteiger charge is -2.56. The fraction of sp³-hybridized carbons (Fsp3) is 0.455. The molecule has 3 aliphatic rings. The van der Waals surface area contributed by atoms with Crippen molar-refractivity contribution in [2.24, 2.45) is 5.92 Å². The van der Waals surface area contributed by atoms with Crippen molar-refractivity contribution < 1.29 is 14.6 Å². The van der Waals surface area contributed by atoms with Crippen LogP contribution in [0.15, 0.2) is 30.3 Å². The van der Waals surface area contributed by atoms with Gasteiger partial charge in [0.25, 0.3) is 0 Å². The Morgan fingerprint density at radius 2 is 2.00 bits per heavy atom. The predicted molar refractivity (Wildman–Crippen MR) is 103 cm³/mol. The van der Waals surface area contributed by atoms with E-state index in [1.54, 1.807) is 6.07 Å². The molecule has 5 rings (SSSR count). The van der Waals surface area contributed by atoms with Crippen molar-refractivity contribution in [3.63, 3.8) is 0 Å². The van der Waals surface area contributed by atoms with Gasteiger partial charge in [-0.3, -0.25) is 0 Å². The van der Waals surface area contributed by atoms with Crippen LogP contribution >= 0.6 is 0 Å². The normalized spacial score (nSPS) is 28.9. The van der Waals surface area contributed by atoms with Gasteiger partial charge in [0.1, 0.15) is 5.75 Å². The first-order valence-electron chi connectivity index (χ1n) is 9.93. The number of aromatic hydroxyl groups is 2. The molecule has 3 atom stereocenters. The van der Waals surface area contributed by atoms with Crippen molar-refractivity contribution in [2.75, 3.05) is 11.9 Å². The molecule has 5 heteroatoms. The SMILES string of the molecule is Oc1cc2c(cc1Nc1cccc(F)c1O)C[C@H]1NCC[C@@]23CCCC[C@@H]13. The second kappa shape index (κ2) is 6.13. The first kappa shape index (κ1) is 16.9. The van der Waals surface area contributed by atoms with E-state index in [0.29, 0.717) is 17.6 Å². The summed E-state index contributed by atoms with van der Waals surface area (Å²) < 4.78 is 13.6. The highest BCUT2D eigenvalue weighted by Crippen LogP contribution is 2.55. The number of hydrogen-bond donors (Lipinski definition) is 4. The lowest BCUT2D eigenvalue weighted by Crippen LogP contribution is -2.59. The van der Waals surface area contributed by atoms with Crippen LogP contribution in [0.1, 0.15) is 43.2 Å². The zero-order valence-electron chi connectivity index (χ0n) is 15.3. The van der Waals surface area contributed by atoms with Crippen LogP contribution in [0.3, 0.4) is 0 Å². The standard InChI is InChI=1S/C22H25FN2O2/c23-16-5-3-6-17(21(16)27)25-19-11-13-10-18-14-4-1-2-7-22(14,8-9-24-18)15(13)12-20(19)26/h3,5-6,11-12,14,18,24-27H,1-2,4,7-10H2/t14-,18+,22+/m0/s1. The summed E-state index contributed by atoms with van der Waals surface area (Å²) in [5, 5.41) is 27.4.